The number of nitrogens with one attached hydrogen (secondary N) is 1. The fourth-order valence-electron chi connectivity index (χ4n) is 3.09. The number of thiophene rings is 1. The Labute approximate surface area is 181 Å². The minimum atomic E-state index is -4.55. The van der Waals surface area contributed by atoms with E-state index in [4.69, 9.17) is 0 Å². The van der Waals surface area contributed by atoms with E-state index in [-0.39, 0.29) is 5.91 Å². The van der Waals surface area contributed by atoms with Gasteiger partial charge in [0.05, 0.1) is 16.3 Å². The second-order valence-corrected chi connectivity index (χ2v) is 8.05. The molecule has 1 amide bonds. The zero-order valence-electron chi connectivity index (χ0n) is 16.7. The molecule has 0 aliphatic carbocycles. The van der Waals surface area contributed by atoms with Gasteiger partial charge in [0.1, 0.15) is 0 Å². The van der Waals surface area contributed by atoms with Crippen LogP contribution in [0.5, 0.6) is 0 Å². The lowest BCUT2D eigenvalue weighted by Gasteiger charge is -2.10. The lowest BCUT2D eigenvalue weighted by atomic mass is 10.1. The van der Waals surface area contributed by atoms with Gasteiger partial charge >= 0.3 is 6.18 Å². The van der Waals surface area contributed by atoms with E-state index in [1.54, 1.807) is 41.8 Å². The summed E-state index contributed by atoms with van der Waals surface area (Å²) in [6.07, 6.45) is -4.55. The van der Waals surface area contributed by atoms with Crippen molar-refractivity contribution >= 4 is 22.9 Å². The highest BCUT2D eigenvalue weighted by atomic mass is 32.1. The number of hydrogen-bond donors (Lipinski definition) is 1. The monoisotopic (exact) mass is 441 g/mol. The number of nitrogens with zero attached hydrogens (tertiary/aromatic N) is 2. The van der Waals surface area contributed by atoms with Crippen LogP contribution in [0.4, 0.5) is 18.9 Å². The maximum absolute atomic E-state index is 13.2. The third-order valence-electron chi connectivity index (χ3n) is 4.91. The first-order valence-corrected chi connectivity index (χ1v) is 10.3. The van der Waals surface area contributed by atoms with Crippen LogP contribution in [0.15, 0.2) is 66.0 Å². The number of aromatic nitrogens is 2. The Hall–Kier alpha value is -3.39. The van der Waals surface area contributed by atoms with Gasteiger partial charge in [-0.05, 0) is 78.9 Å². The number of hydrogen-bond acceptors (Lipinski definition) is 3. The van der Waals surface area contributed by atoms with E-state index in [1.165, 1.54) is 16.0 Å². The van der Waals surface area contributed by atoms with E-state index in [9.17, 15) is 18.0 Å². The molecule has 0 aliphatic rings. The largest absolute Gasteiger partial charge is 0.435 e. The van der Waals surface area contributed by atoms with Gasteiger partial charge in [-0.15, -0.1) is 11.3 Å². The molecule has 0 radical (unpaired) electrons. The van der Waals surface area contributed by atoms with Gasteiger partial charge in [0.15, 0.2) is 5.69 Å². The molecule has 2 heterocycles. The predicted octanol–water partition coefficient (Wildman–Crippen LogP) is 6.49. The molecule has 0 aliphatic heterocycles. The molecule has 2 aromatic carbocycles. The maximum Gasteiger partial charge on any atom is 0.435 e. The van der Waals surface area contributed by atoms with E-state index in [1.807, 2.05) is 32.0 Å². The van der Waals surface area contributed by atoms with Crippen molar-refractivity contribution in [3.05, 3.63) is 88.4 Å². The van der Waals surface area contributed by atoms with Crippen molar-refractivity contribution in [1.29, 1.82) is 0 Å². The van der Waals surface area contributed by atoms with Gasteiger partial charge in [-0.3, -0.25) is 4.79 Å². The van der Waals surface area contributed by atoms with Gasteiger partial charge in [-0.25, -0.2) is 4.68 Å². The lowest BCUT2D eigenvalue weighted by molar-refractivity contribution is -0.141. The molecule has 2 aromatic heterocycles. The van der Waals surface area contributed by atoms with Crippen LogP contribution in [0.25, 0.3) is 16.3 Å². The van der Waals surface area contributed by atoms with Gasteiger partial charge in [-0.2, -0.15) is 18.3 Å². The molecule has 0 spiro atoms. The summed E-state index contributed by atoms with van der Waals surface area (Å²) >= 11 is 1.33. The molecule has 0 fully saturated rings. The summed E-state index contributed by atoms with van der Waals surface area (Å²) in [5, 5.41) is 8.39. The zero-order valence-corrected chi connectivity index (χ0v) is 17.5. The molecule has 4 nitrogen and oxygen atoms in total. The number of carbonyl (C=O) groups is 1. The van der Waals surface area contributed by atoms with Crippen LogP contribution in [-0.4, -0.2) is 15.7 Å². The summed E-state index contributed by atoms with van der Waals surface area (Å²) in [6.45, 7) is 3.95. The first-order chi connectivity index (χ1) is 14.7. The zero-order chi connectivity index (χ0) is 22.2. The highest BCUT2D eigenvalue weighted by Gasteiger charge is 2.35. The van der Waals surface area contributed by atoms with Crippen molar-refractivity contribution in [1.82, 2.24) is 9.78 Å². The topological polar surface area (TPSA) is 46.9 Å². The van der Waals surface area contributed by atoms with Crippen molar-refractivity contribution in [3.63, 3.8) is 0 Å². The van der Waals surface area contributed by atoms with Crippen LogP contribution in [0, 0.1) is 13.8 Å². The first-order valence-electron chi connectivity index (χ1n) is 9.42. The molecule has 0 atom stereocenters. The van der Waals surface area contributed by atoms with Crippen molar-refractivity contribution < 1.29 is 18.0 Å². The fraction of sp³-hybridized carbons (Fsp3) is 0.130. The maximum atomic E-state index is 13.2. The number of rotatable bonds is 4. The number of aryl methyl sites for hydroxylation is 2. The summed E-state index contributed by atoms with van der Waals surface area (Å²) in [5.74, 6) is -0.301. The van der Waals surface area contributed by atoms with E-state index >= 15 is 0 Å². The number of amides is 1. The molecular weight excluding hydrogens is 423 g/mol. The summed E-state index contributed by atoms with van der Waals surface area (Å²) in [6, 6.07) is 16.5. The van der Waals surface area contributed by atoms with Gasteiger partial charge < -0.3 is 5.32 Å². The molecule has 1 N–H and O–H groups in total. The number of carbonyl (C=O) groups excluding carboxylic acids is 1. The third-order valence-corrected chi connectivity index (χ3v) is 5.80. The Morgan fingerprint density at radius 1 is 1.00 bits per heavy atom. The van der Waals surface area contributed by atoms with Crippen LogP contribution < -0.4 is 5.32 Å². The second kappa shape index (κ2) is 8.03. The number of halogens is 3. The highest BCUT2D eigenvalue weighted by Crippen LogP contribution is 2.34. The summed E-state index contributed by atoms with van der Waals surface area (Å²) in [4.78, 5) is 13.2. The summed E-state index contributed by atoms with van der Waals surface area (Å²) in [5.41, 5.74) is 3.07. The highest BCUT2D eigenvalue weighted by molar-refractivity contribution is 7.13. The van der Waals surface area contributed by atoms with Crippen LogP contribution in [0.2, 0.25) is 0 Å². The van der Waals surface area contributed by atoms with E-state index in [0.717, 1.165) is 17.2 Å². The Morgan fingerprint density at radius 3 is 2.35 bits per heavy atom. The molecule has 0 saturated heterocycles. The molecule has 4 rings (SSSR count). The van der Waals surface area contributed by atoms with Crippen LogP contribution in [-0.2, 0) is 6.18 Å². The van der Waals surface area contributed by atoms with E-state index in [2.05, 4.69) is 10.4 Å². The molecule has 4 aromatic rings. The number of benzene rings is 2. The third kappa shape index (κ3) is 4.39. The Balaban J connectivity index is 1.63. The first kappa shape index (κ1) is 20.9. The SMILES string of the molecule is Cc1ccc(NC(=O)c2ccc(-n3nc(C(F)(F)F)cc3-c3cccs3)cc2)cc1C. The molecule has 31 heavy (non-hydrogen) atoms. The van der Waals surface area contributed by atoms with E-state index < -0.39 is 11.9 Å². The molecular formula is C23H18F3N3OS. The van der Waals surface area contributed by atoms with Crippen LogP contribution in [0.3, 0.4) is 0 Å². The average molecular weight is 441 g/mol. The van der Waals surface area contributed by atoms with E-state index in [0.29, 0.717) is 27.5 Å². The number of alkyl halides is 3. The van der Waals surface area contributed by atoms with Crippen molar-refractivity contribution in [2.75, 3.05) is 5.32 Å². The van der Waals surface area contributed by atoms with Crippen LogP contribution in [0.1, 0.15) is 27.2 Å². The molecule has 8 heteroatoms. The summed E-state index contributed by atoms with van der Waals surface area (Å²) < 4.78 is 41.0. The van der Waals surface area contributed by atoms with Crippen LogP contribution >= 0.6 is 11.3 Å². The van der Waals surface area contributed by atoms with Crippen molar-refractivity contribution in [2.24, 2.45) is 0 Å². The second-order valence-electron chi connectivity index (χ2n) is 7.10. The average Bonchev–Trinajstić information content (AvgIpc) is 3.40. The Bertz CT molecular complexity index is 1230. The van der Waals surface area contributed by atoms with Crippen molar-refractivity contribution in [2.45, 2.75) is 20.0 Å². The molecule has 158 valence electrons. The smallest absolute Gasteiger partial charge is 0.322 e. The molecule has 0 unspecified atom stereocenters. The minimum absolute atomic E-state index is 0.301. The lowest BCUT2D eigenvalue weighted by Crippen LogP contribution is -2.12. The predicted molar refractivity (Wildman–Crippen MR) is 116 cm³/mol. The normalized spacial score (nSPS) is 11.5. The van der Waals surface area contributed by atoms with Gasteiger partial charge in [0, 0.05) is 11.3 Å². The van der Waals surface area contributed by atoms with Gasteiger partial charge in [0.25, 0.3) is 5.91 Å². The quantitative estimate of drug-likeness (QED) is 0.394. The summed E-state index contributed by atoms with van der Waals surface area (Å²) in [7, 11) is 0. The standard InChI is InChI=1S/C23H18F3N3OS/c1-14-5-8-17(12-15(14)2)27-22(30)16-6-9-18(10-7-16)29-19(20-4-3-11-31-20)13-21(28-29)23(24,25)26/h3-13H,1-2H3,(H,27,30). The Morgan fingerprint density at radius 2 is 1.74 bits per heavy atom. The minimum Gasteiger partial charge on any atom is -0.322 e. The Kier molecular flexibility index (Phi) is 5.41. The molecule has 0 saturated carbocycles. The van der Waals surface area contributed by atoms with Crippen molar-refractivity contribution in [3.8, 4) is 16.3 Å². The molecule has 0 bridgehead atoms. The number of anilines is 1. The fourth-order valence-corrected chi connectivity index (χ4v) is 3.82. The van der Waals surface area contributed by atoms with Gasteiger partial charge in [-0.1, -0.05) is 12.1 Å². The van der Waals surface area contributed by atoms with Gasteiger partial charge in [0.2, 0.25) is 0 Å².